The van der Waals surface area contributed by atoms with Gasteiger partial charge in [-0.2, -0.15) is 0 Å². The summed E-state index contributed by atoms with van der Waals surface area (Å²) in [7, 11) is 0. The van der Waals surface area contributed by atoms with E-state index in [1.54, 1.807) is 4.90 Å². The Kier molecular flexibility index (Phi) is 5.20. The van der Waals surface area contributed by atoms with E-state index in [0.29, 0.717) is 28.6 Å². The lowest BCUT2D eigenvalue weighted by Crippen LogP contribution is -2.55. The second kappa shape index (κ2) is 6.64. The van der Waals surface area contributed by atoms with Crippen LogP contribution in [0.1, 0.15) is 38.2 Å². The molecule has 0 aliphatic carbocycles. The monoisotopic (exact) mass is 405 g/mol. The van der Waals surface area contributed by atoms with Gasteiger partial charge < -0.3 is 19.6 Å². The summed E-state index contributed by atoms with van der Waals surface area (Å²) in [5.74, 6) is -1.05. The van der Waals surface area contributed by atoms with E-state index in [2.05, 4.69) is 20.9 Å². The van der Waals surface area contributed by atoms with Crippen molar-refractivity contribution in [3.05, 3.63) is 9.61 Å². The van der Waals surface area contributed by atoms with Gasteiger partial charge in [0.05, 0.1) is 0 Å². The lowest BCUT2D eigenvalue weighted by molar-refractivity contribution is 0.0158. The zero-order chi connectivity index (χ0) is 17.4. The topological polar surface area (TPSA) is 83.0 Å². The minimum atomic E-state index is -1.05. The van der Waals surface area contributed by atoms with Crippen LogP contribution >= 0.6 is 27.3 Å². The molecule has 1 aromatic rings. The van der Waals surface area contributed by atoms with E-state index >= 15 is 0 Å². The number of piperazine rings is 1. The SMILES string of the molecule is CC1CN(c2sc(Br)nc2C(=O)O)CCN1C(=O)OC(C)(C)C. The van der Waals surface area contributed by atoms with E-state index in [9.17, 15) is 14.7 Å². The van der Waals surface area contributed by atoms with Gasteiger partial charge in [0.25, 0.3) is 0 Å². The van der Waals surface area contributed by atoms with E-state index in [1.165, 1.54) is 11.3 Å². The number of carboxylic acid groups (broad SMARTS) is 1. The van der Waals surface area contributed by atoms with E-state index < -0.39 is 11.6 Å². The van der Waals surface area contributed by atoms with Crippen molar-refractivity contribution in [3.63, 3.8) is 0 Å². The number of thiazole rings is 1. The molecule has 1 atom stereocenters. The molecule has 0 saturated carbocycles. The van der Waals surface area contributed by atoms with Gasteiger partial charge in [0.2, 0.25) is 0 Å². The van der Waals surface area contributed by atoms with E-state index in [-0.39, 0.29) is 17.8 Å². The number of nitrogens with zero attached hydrogens (tertiary/aromatic N) is 3. The summed E-state index contributed by atoms with van der Waals surface area (Å²) in [4.78, 5) is 31.2. The number of hydrogen-bond acceptors (Lipinski definition) is 6. The Bertz CT molecular complexity index is 614. The summed E-state index contributed by atoms with van der Waals surface area (Å²) < 4.78 is 5.95. The number of carbonyl (C=O) groups excluding carboxylic acids is 1. The maximum absolute atomic E-state index is 12.2. The highest BCUT2D eigenvalue weighted by atomic mass is 79.9. The summed E-state index contributed by atoms with van der Waals surface area (Å²) in [5, 5.41) is 9.87. The summed E-state index contributed by atoms with van der Waals surface area (Å²) in [5.41, 5.74) is -0.493. The molecule has 0 spiro atoms. The van der Waals surface area contributed by atoms with Gasteiger partial charge in [0.1, 0.15) is 10.6 Å². The van der Waals surface area contributed by atoms with Gasteiger partial charge in [-0.05, 0) is 43.6 Å². The molecular formula is C14H20BrN3O4S. The van der Waals surface area contributed by atoms with Crippen LogP contribution in [0.15, 0.2) is 3.92 Å². The van der Waals surface area contributed by atoms with E-state index in [1.807, 2.05) is 32.6 Å². The standard InChI is InChI=1S/C14H20BrN3O4S/c1-8-7-17(10-9(11(19)20)16-12(15)23-10)5-6-18(8)13(21)22-14(2,3)4/h8H,5-7H2,1-4H3,(H,19,20). The number of ether oxygens (including phenoxy) is 1. The van der Waals surface area contributed by atoms with Crippen LogP contribution in [-0.4, -0.2) is 58.3 Å². The summed E-state index contributed by atoms with van der Waals surface area (Å²) in [6.07, 6.45) is -0.339. The van der Waals surface area contributed by atoms with Crippen LogP contribution in [0.25, 0.3) is 0 Å². The molecule has 128 valence electrons. The largest absolute Gasteiger partial charge is 0.476 e. The summed E-state index contributed by atoms with van der Waals surface area (Å²) >= 11 is 4.52. The van der Waals surface area contributed by atoms with Crippen molar-refractivity contribution in [2.75, 3.05) is 24.5 Å². The Hall–Kier alpha value is -1.35. The second-order valence-corrected chi connectivity index (χ2v) is 8.65. The number of hydrogen-bond donors (Lipinski definition) is 1. The first-order valence-corrected chi connectivity index (χ1v) is 8.83. The minimum Gasteiger partial charge on any atom is -0.476 e. The van der Waals surface area contributed by atoms with Crippen molar-refractivity contribution in [1.29, 1.82) is 0 Å². The molecule has 1 saturated heterocycles. The lowest BCUT2D eigenvalue weighted by Gasteiger charge is -2.40. The normalized spacial score (nSPS) is 18.9. The highest BCUT2D eigenvalue weighted by Crippen LogP contribution is 2.33. The van der Waals surface area contributed by atoms with Crippen LogP contribution in [0.2, 0.25) is 0 Å². The molecule has 1 fully saturated rings. The van der Waals surface area contributed by atoms with E-state index in [4.69, 9.17) is 4.74 Å². The smallest absolute Gasteiger partial charge is 0.410 e. The fraction of sp³-hybridized carbons (Fsp3) is 0.643. The second-order valence-electron chi connectivity index (χ2n) is 6.39. The first-order valence-electron chi connectivity index (χ1n) is 7.22. The Morgan fingerprint density at radius 3 is 2.57 bits per heavy atom. The van der Waals surface area contributed by atoms with Gasteiger partial charge in [0.15, 0.2) is 9.61 Å². The van der Waals surface area contributed by atoms with Crippen LogP contribution in [0, 0.1) is 0 Å². The number of halogens is 1. The van der Waals surface area contributed by atoms with Gasteiger partial charge in [-0.3, -0.25) is 0 Å². The molecule has 1 unspecified atom stereocenters. The molecule has 2 rings (SSSR count). The van der Waals surface area contributed by atoms with Gasteiger partial charge >= 0.3 is 12.1 Å². The van der Waals surface area contributed by atoms with Crippen LogP contribution in [0.4, 0.5) is 9.80 Å². The molecule has 1 aromatic heterocycles. The minimum absolute atomic E-state index is 0.0415. The van der Waals surface area contributed by atoms with Gasteiger partial charge in [-0.15, -0.1) is 0 Å². The maximum Gasteiger partial charge on any atom is 0.410 e. The first kappa shape index (κ1) is 18.0. The quantitative estimate of drug-likeness (QED) is 0.813. The van der Waals surface area contributed by atoms with Crippen LogP contribution in [0.5, 0.6) is 0 Å². The van der Waals surface area contributed by atoms with Crippen LogP contribution in [0.3, 0.4) is 0 Å². The van der Waals surface area contributed by atoms with Crippen molar-refractivity contribution < 1.29 is 19.4 Å². The Balaban J connectivity index is 2.10. The predicted molar refractivity (Wildman–Crippen MR) is 91.4 cm³/mol. The molecule has 1 aliphatic heterocycles. The molecular weight excluding hydrogens is 386 g/mol. The van der Waals surface area contributed by atoms with Gasteiger partial charge in [-0.1, -0.05) is 11.3 Å². The lowest BCUT2D eigenvalue weighted by atomic mass is 10.2. The number of amides is 1. The van der Waals surface area contributed by atoms with Crippen molar-refractivity contribution in [2.45, 2.75) is 39.3 Å². The van der Waals surface area contributed by atoms with Crippen molar-refractivity contribution in [3.8, 4) is 0 Å². The molecule has 0 radical (unpaired) electrons. The third-order valence-electron chi connectivity index (χ3n) is 3.33. The fourth-order valence-electron chi connectivity index (χ4n) is 2.37. The Labute approximate surface area is 147 Å². The highest BCUT2D eigenvalue weighted by molar-refractivity contribution is 9.11. The summed E-state index contributed by atoms with van der Waals surface area (Å²) in [6.45, 7) is 8.98. The van der Waals surface area contributed by atoms with Gasteiger partial charge in [-0.25, -0.2) is 14.6 Å². The molecule has 0 aromatic carbocycles. The van der Waals surface area contributed by atoms with Crippen molar-refractivity contribution >= 4 is 44.3 Å². The highest BCUT2D eigenvalue weighted by Gasteiger charge is 2.33. The average molecular weight is 406 g/mol. The maximum atomic E-state index is 12.2. The molecule has 7 nitrogen and oxygen atoms in total. The number of rotatable bonds is 2. The zero-order valence-electron chi connectivity index (χ0n) is 13.5. The predicted octanol–water partition coefficient (Wildman–Crippen LogP) is 3.05. The third-order valence-corrected chi connectivity index (χ3v) is 4.90. The van der Waals surface area contributed by atoms with E-state index in [0.717, 1.165) is 0 Å². The molecule has 1 N–H and O–H groups in total. The zero-order valence-corrected chi connectivity index (χ0v) is 15.9. The van der Waals surface area contributed by atoms with Gasteiger partial charge in [0, 0.05) is 25.7 Å². The Morgan fingerprint density at radius 2 is 2.04 bits per heavy atom. The number of carboxylic acids is 1. The molecule has 9 heteroatoms. The van der Waals surface area contributed by atoms with Crippen molar-refractivity contribution in [2.24, 2.45) is 0 Å². The number of carbonyl (C=O) groups is 2. The fourth-order valence-corrected chi connectivity index (χ4v) is 3.83. The third kappa shape index (κ3) is 4.35. The summed E-state index contributed by atoms with van der Waals surface area (Å²) in [6, 6.07) is -0.0823. The molecule has 23 heavy (non-hydrogen) atoms. The average Bonchev–Trinajstić information content (AvgIpc) is 2.78. The first-order chi connectivity index (χ1) is 10.6. The van der Waals surface area contributed by atoms with Crippen LogP contribution < -0.4 is 4.90 Å². The number of anilines is 1. The molecule has 0 bridgehead atoms. The Morgan fingerprint density at radius 1 is 1.39 bits per heavy atom. The van der Waals surface area contributed by atoms with Crippen molar-refractivity contribution in [1.82, 2.24) is 9.88 Å². The number of aromatic carboxylic acids is 1. The van der Waals surface area contributed by atoms with Crippen LogP contribution in [-0.2, 0) is 4.74 Å². The molecule has 1 aliphatic rings. The number of aromatic nitrogens is 1. The molecule has 1 amide bonds. The molecule has 2 heterocycles.